The molecule has 3 rings (SSSR count). The zero-order valence-corrected chi connectivity index (χ0v) is 14.9. The van der Waals surface area contributed by atoms with Crippen molar-refractivity contribution < 1.29 is 9.59 Å². The number of hydrogen-bond acceptors (Lipinski definition) is 4. The summed E-state index contributed by atoms with van der Waals surface area (Å²) in [5.74, 6) is 0.510. The van der Waals surface area contributed by atoms with Crippen LogP contribution < -0.4 is 0 Å². The second-order valence-corrected chi connectivity index (χ2v) is 6.38. The van der Waals surface area contributed by atoms with Gasteiger partial charge in [0.1, 0.15) is 17.2 Å². The van der Waals surface area contributed by atoms with E-state index in [-0.39, 0.29) is 11.8 Å². The Morgan fingerprint density at radius 1 is 1.00 bits per heavy atom. The van der Waals surface area contributed by atoms with Crippen molar-refractivity contribution in [3.8, 4) is 0 Å². The summed E-state index contributed by atoms with van der Waals surface area (Å²) >= 11 is 0. The van der Waals surface area contributed by atoms with Crippen LogP contribution in [0.1, 0.15) is 38.9 Å². The van der Waals surface area contributed by atoms with Gasteiger partial charge in [0.15, 0.2) is 0 Å². The molecule has 0 unspecified atom stereocenters. The molecule has 7 heteroatoms. The van der Waals surface area contributed by atoms with E-state index < -0.39 is 0 Å². The normalized spacial score (nSPS) is 15.2. The Kier molecular flexibility index (Phi) is 4.83. The predicted octanol–water partition coefficient (Wildman–Crippen LogP) is 1.42. The van der Waals surface area contributed by atoms with Gasteiger partial charge in [0.2, 0.25) is 0 Å². The minimum atomic E-state index is -0.0956. The number of carbonyl (C=O) groups is 2. The Bertz CT molecular complexity index is 778. The van der Waals surface area contributed by atoms with E-state index in [0.717, 1.165) is 12.1 Å². The van der Waals surface area contributed by atoms with Crippen molar-refractivity contribution >= 4 is 11.8 Å². The molecule has 0 N–H and O–H groups in total. The van der Waals surface area contributed by atoms with Gasteiger partial charge < -0.3 is 14.4 Å². The molecule has 0 atom stereocenters. The second-order valence-electron chi connectivity index (χ2n) is 6.38. The summed E-state index contributed by atoms with van der Waals surface area (Å²) in [5, 5.41) is 0. The molecule has 1 fully saturated rings. The lowest BCUT2D eigenvalue weighted by Gasteiger charge is -2.22. The number of amides is 2. The molecule has 1 saturated heterocycles. The minimum Gasteiger partial charge on any atom is -0.347 e. The van der Waals surface area contributed by atoms with Gasteiger partial charge in [-0.3, -0.25) is 9.59 Å². The van der Waals surface area contributed by atoms with E-state index >= 15 is 0 Å². The fraction of sp³-hybridized carbons (Fsp3) is 0.444. The van der Waals surface area contributed by atoms with Crippen LogP contribution >= 0.6 is 0 Å². The van der Waals surface area contributed by atoms with Crippen LogP contribution in [0.4, 0.5) is 0 Å². The van der Waals surface area contributed by atoms with Crippen molar-refractivity contribution in [2.45, 2.75) is 20.3 Å². The smallest absolute Gasteiger partial charge is 0.272 e. The first-order chi connectivity index (χ1) is 12.0. The van der Waals surface area contributed by atoms with Gasteiger partial charge in [-0.25, -0.2) is 9.97 Å². The SMILES string of the molecule is Cc1cc(C(=O)N2CCCN(C(=O)c3cccn3C)CC2)nc(C)n1. The van der Waals surface area contributed by atoms with Gasteiger partial charge in [-0.1, -0.05) is 0 Å². The Balaban J connectivity index is 1.70. The van der Waals surface area contributed by atoms with Crippen LogP contribution in [-0.2, 0) is 7.05 Å². The van der Waals surface area contributed by atoms with Gasteiger partial charge in [-0.15, -0.1) is 0 Å². The lowest BCUT2D eigenvalue weighted by atomic mass is 10.2. The number of aryl methyl sites for hydroxylation is 3. The van der Waals surface area contributed by atoms with Crippen molar-refractivity contribution in [2.24, 2.45) is 7.05 Å². The third kappa shape index (κ3) is 3.70. The van der Waals surface area contributed by atoms with E-state index in [1.54, 1.807) is 17.9 Å². The van der Waals surface area contributed by atoms with Gasteiger partial charge in [0.05, 0.1) is 0 Å². The highest BCUT2D eigenvalue weighted by molar-refractivity contribution is 5.94. The number of carbonyl (C=O) groups excluding carboxylic acids is 2. The number of hydrogen-bond donors (Lipinski definition) is 0. The first-order valence-corrected chi connectivity index (χ1v) is 8.48. The maximum Gasteiger partial charge on any atom is 0.272 e. The van der Waals surface area contributed by atoms with Crippen LogP contribution in [0.5, 0.6) is 0 Å². The third-order valence-corrected chi connectivity index (χ3v) is 4.42. The molecule has 2 amide bonds. The van der Waals surface area contributed by atoms with E-state index in [4.69, 9.17) is 0 Å². The maximum atomic E-state index is 12.7. The summed E-state index contributed by atoms with van der Waals surface area (Å²) in [6, 6.07) is 5.40. The zero-order chi connectivity index (χ0) is 18.0. The number of rotatable bonds is 2. The molecule has 0 radical (unpaired) electrons. The fourth-order valence-corrected chi connectivity index (χ4v) is 3.16. The molecule has 0 aromatic carbocycles. The highest BCUT2D eigenvalue weighted by Gasteiger charge is 2.25. The molecule has 3 heterocycles. The van der Waals surface area contributed by atoms with Crippen molar-refractivity contribution in [3.05, 3.63) is 47.3 Å². The average molecular weight is 341 g/mol. The van der Waals surface area contributed by atoms with E-state index in [1.807, 2.05) is 41.8 Å². The first kappa shape index (κ1) is 17.1. The third-order valence-electron chi connectivity index (χ3n) is 4.42. The standard InChI is InChI=1S/C18H23N5O2/c1-13-12-15(20-14(2)19-13)17(24)22-8-5-9-23(11-10-22)18(25)16-6-4-7-21(16)3/h4,6-7,12H,5,8-11H2,1-3H3. The van der Waals surface area contributed by atoms with Crippen molar-refractivity contribution in [1.29, 1.82) is 0 Å². The monoisotopic (exact) mass is 341 g/mol. The van der Waals surface area contributed by atoms with Crippen molar-refractivity contribution in [3.63, 3.8) is 0 Å². The molecule has 0 aliphatic carbocycles. The summed E-state index contributed by atoms with van der Waals surface area (Å²) in [6.07, 6.45) is 2.62. The predicted molar refractivity (Wildman–Crippen MR) is 93.3 cm³/mol. The Morgan fingerprint density at radius 3 is 2.28 bits per heavy atom. The maximum absolute atomic E-state index is 12.7. The minimum absolute atomic E-state index is 0.00974. The first-order valence-electron chi connectivity index (χ1n) is 8.48. The molecule has 2 aromatic heterocycles. The van der Waals surface area contributed by atoms with E-state index in [9.17, 15) is 9.59 Å². The van der Waals surface area contributed by atoms with Crippen molar-refractivity contribution in [1.82, 2.24) is 24.3 Å². The molecule has 25 heavy (non-hydrogen) atoms. The van der Waals surface area contributed by atoms with Crippen LogP contribution in [0.2, 0.25) is 0 Å². The fourth-order valence-electron chi connectivity index (χ4n) is 3.16. The largest absolute Gasteiger partial charge is 0.347 e. The molecular formula is C18H23N5O2. The average Bonchev–Trinajstić information content (AvgIpc) is 2.85. The van der Waals surface area contributed by atoms with Crippen LogP contribution in [-0.4, -0.2) is 62.3 Å². The molecule has 1 aliphatic heterocycles. The van der Waals surface area contributed by atoms with Gasteiger partial charge in [-0.05, 0) is 38.5 Å². The van der Waals surface area contributed by atoms with Gasteiger partial charge >= 0.3 is 0 Å². The van der Waals surface area contributed by atoms with Gasteiger partial charge in [0.25, 0.3) is 11.8 Å². The highest BCUT2D eigenvalue weighted by Crippen LogP contribution is 2.12. The van der Waals surface area contributed by atoms with Crippen molar-refractivity contribution in [2.75, 3.05) is 26.2 Å². The molecule has 0 bridgehead atoms. The highest BCUT2D eigenvalue weighted by atomic mass is 16.2. The van der Waals surface area contributed by atoms with Gasteiger partial charge in [-0.2, -0.15) is 0 Å². The summed E-state index contributed by atoms with van der Waals surface area (Å²) < 4.78 is 1.82. The lowest BCUT2D eigenvalue weighted by Crippen LogP contribution is -2.38. The zero-order valence-electron chi connectivity index (χ0n) is 14.9. The molecule has 0 saturated carbocycles. The molecule has 2 aromatic rings. The second kappa shape index (κ2) is 7.04. The molecule has 132 valence electrons. The number of nitrogens with zero attached hydrogens (tertiary/aromatic N) is 5. The topological polar surface area (TPSA) is 71.3 Å². The Hall–Kier alpha value is -2.70. The quantitative estimate of drug-likeness (QED) is 0.828. The lowest BCUT2D eigenvalue weighted by molar-refractivity contribution is 0.0710. The van der Waals surface area contributed by atoms with Crippen LogP contribution in [0.15, 0.2) is 24.4 Å². The molecule has 1 aliphatic rings. The number of aromatic nitrogens is 3. The molecular weight excluding hydrogens is 318 g/mol. The summed E-state index contributed by atoms with van der Waals surface area (Å²) in [7, 11) is 1.86. The van der Waals surface area contributed by atoms with E-state index in [1.165, 1.54) is 0 Å². The Morgan fingerprint density at radius 2 is 1.68 bits per heavy atom. The Labute approximate surface area is 147 Å². The van der Waals surface area contributed by atoms with Crippen LogP contribution in [0.25, 0.3) is 0 Å². The summed E-state index contributed by atoms with van der Waals surface area (Å²) in [6.45, 7) is 5.95. The van der Waals surface area contributed by atoms with Crippen LogP contribution in [0.3, 0.4) is 0 Å². The van der Waals surface area contributed by atoms with E-state index in [2.05, 4.69) is 9.97 Å². The molecule has 0 spiro atoms. The molecule has 7 nitrogen and oxygen atoms in total. The summed E-state index contributed by atoms with van der Waals surface area (Å²) in [4.78, 5) is 37.5. The van der Waals surface area contributed by atoms with Crippen LogP contribution in [0, 0.1) is 13.8 Å². The summed E-state index contributed by atoms with van der Waals surface area (Å²) in [5.41, 5.74) is 1.88. The van der Waals surface area contributed by atoms with E-state index in [0.29, 0.717) is 43.4 Å². The van der Waals surface area contributed by atoms with Gasteiger partial charge in [0, 0.05) is 45.1 Å².